The van der Waals surface area contributed by atoms with Crippen LogP contribution in [0.1, 0.15) is 0 Å². The van der Waals surface area contributed by atoms with Crippen molar-refractivity contribution in [2.45, 2.75) is 6.54 Å². The van der Waals surface area contributed by atoms with Crippen LogP contribution in [-0.4, -0.2) is 18.2 Å². The Morgan fingerprint density at radius 1 is 1.38 bits per heavy atom. The van der Waals surface area contributed by atoms with Gasteiger partial charge < -0.3 is 15.0 Å². The van der Waals surface area contributed by atoms with Crippen LogP contribution in [0, 0.1) is 0 Å². The molecule has 2 aromatic rings. The van der Waals surface area contributed by atoms with Crippen LogP contribution in [0.2, 0.25) is 0 Å². The number of methoxy groups -OCH3 is 1. The van der Waals surface area contributed by atoms with E-state index in [4.69, 9.17) is 10.5 Å². The highest BCUT2D eigenvalue weighted by atomic mass is 16.5. The van der Waals surface area contributed by atoms with Gasteiger partial charge in [0, 0.05) is 30.7 Å². The summed E-state index contributed by atoms with van der Waals surface area (Å²) in [5.74, 6) is 0.690. The van der Waals surface area contributed by atoms with Gasteiger partial charge in [0.1, 0.15) is 5.75 Å². The number of rotatable bonds is 3. The molecule has 0 bridgehead atoms. The molecule has 0 unspecified atom stereocenters. The summed E-state index contributed by atoms with van der Waals surface area (Å²) in [5.41, 5.74) is 6.41. The van der Waals surface area contributed by atoms with E-state index >= 15 is 0 Å². The minimum atomic E-state index is 0.00201. The average molecular weight is 218 g/mol. The van der Waals surface area contributed by atoms with Crippen molar-refractivity contribution >= 4 is 10.9 Å². The number of benzene rings is 1. The van der Waals surface area contributed by atoms with E-state index in [2.05, 4.69) is 0 Å². The Hall–Kier alpha value is -1.81. The van der Waals surface area contributed by atoms with Gasteiger partial charge in [-0.3, -0.25) is 4.79 Å². The minimum Gasteiger partial charge on any atom is -0.497 e. The van der Waals surface area contributed by atoms with E-state index < -0.39 is 0 Å². The lowest BCUT2D eigenvalue weighted by molar-refractivity contribution is 0.415. The predicted octanol–water partition coefficient (Wildman–Crippen LogP) is 0.969. The summed E-state index contributed by atoms with van der Waals surface area (Å²) < 4.78 is 7.07. The predicted molar refractivity (Wildman–Crippen MR) is 63.8 cm³/mol. The van der Waals surface area contributed by atoms with E-state index in [1.54, 1.807) is 25.4 Å². The summed E-state index contributed by atoms with van der Waals surface area (Å²) >= 11 is 0. The molecule has 2 N–H and O–H groups in total. The van der Waals surface area contributed by atoms with E-state index in [1.165, 1.54) is 0 Å². The molecule has 0 radical (unpaired) electrons. The van der Waals surface area contributed by atoms with Gasteiger partial charge in [-0.1, -0.05) is 0 Å². The molecule has 16 heavy (non-hydrogen) atoms. The number of pyridine rings is 1. The first kappa shape index (κ1) is 10.7. The van der Waals surface area contributed by atoms with Crippen molar-refractivity contribution in [2.24, 2.45) is 5.73 Å². The molecule has 2 rings (SSSR count). The van der Waals surface area contributed by atoms with Crippen molar-refractivity contribution in [3.63, 3.8) is 0 Å². The molecule has 0 fully saturated rings. The fourth-order valence-corrected chi connectivity index (χ4v) is 1.75. The third kappa shape index (κ3) is 1.79. The van der Waals surface area contributed by atoms with Gasteiger partial charge in [-0.2, -0.15) is 0 Å². The maximum absolute atomic E-state index is 11.7. The van der Waals surface area contributed by atoms with Crippen molar-refractivity contribution < 1.29 is 4.74 Å². The highest BCUT2D eigenvalue weighted by Gasteiger charge is 2.03. The number of ether oxygens (including phenoxy) is 1. The van der Waals surface area contributed by atoms with E-state index in [-0.39, 0.29) is 5.43 Å². The molecule has 4 heteroatoms. The number of nitrogens with two attached hydrogens (primary N) is 1. The van der Waals surface area contributed by atoms with Crippen molar-refractivity contribution in [3.8, 4) is 5.75 Å². The number of fused-ring (bicyclic) bond motifs is 1. The molecule has 0 atom stereocenters. The molecule has 0 spiro atoms. The molecule has 0 amide bonds. The van der Waals surface area contributed by atoms with Gasteiger partial charge in [-0.05, 0) is 18.2 Å². The maximum atomic E-state index is 11.7. The summed E-state index contributed by atoms with van der Waals surface area (Å²) in [6.45, 7) is 1.24. The molecular formula is C12H14N2O2. The maximum Gasteiger partial charge on any atom is 0.189 e. The highest BCUT2D eigenvalue weighted by Crippen LogP contribution is 2.17. The van der Waals surface area contributed by atoms with Gasteiger partial charge in [0.2, 0.25) is 0 Å². The van der Waals surface area contributed by atoms with Gasteiger partial charge >= 0.3 is 0 Å². The van der Waals surface area contributed by atoms with Gasteiger partial charge in [0.15, 0.2) is 5.43 Å². The largest absolute Gasteiger partial charge is 0.497 e. The van der Waals surface area contributed by atoms with Crippen molar-refractivity contribution in [1.82, 2.24) is 4.57 Å². The van der Waals surface area contributed by atoms with Crippen LogP contribution >= 0.6 is 0 Å². The van der Waals surface area contributed by atoms with Crippen LogP contribution in [0.15, 0.2) is 35.3 Å². The quantitative estimate of drug-likeness (QED) is 0.835. The first-order valence-corrected chi connectivity index (χ1v) is 5.13. The third-order valence-electron chi connectivity index (χ3n) is 2.55. The summed E-state index contributed by atoms with van der Waals surface area (Å²) in [7, 11) is 1.59. The Morgan fingerprint density at radius 3 is 2.88 bits per heavy atom. The Bertz CT molecular complexity index is 560. The monoisotopic (exact) mass is 218 g/mol. The lowest BCUT2D eigenvalue weighted by Gasteiger charge is -2.09. The number of hydrogen-bond acceptors (Lipinski definition) is 3. The fourth-order valence-electron chi connectivity index (χ4n) is 1.75. The van der Waals surface area contributed by atoms with Crippen molar-refractivity contribution in [2.75, 3.05) is 13.7 Å². The van der Waals surface area contributed by atoms with E-state index in [9.17, 15) is 4.79 Å². The third-order valence-corrected chi connectivity index (χ3v) is 2.55. The number of aromatic nitrogens is 1. The van der Waals surface area contributed by atoms with Crippen LogP contribution in [0.3, 0.4) is 0 Å². The molecule has 0 aliphatic rings. The zero-order valence-corrected chi connectivity index (χ0v) is 9.14. The summed E-state index contributed by atoms with van der Waals surface area (Å²) in [6, 6.07) is 7.03. The Morgan fingerprint density at radius 2 is 2.19 bits per heavy atom. The zero-order chi connectivity index (χ0) is 11.5. The smallest absolute Gasteiger partial charge is 0.189 e. The zero-order valence-electron chi connectivity index (χ0n) is 9.14. The molecule has 1 heterocycles. The molecular weight excluding hydrogens is 204 g/mol. The van der Waals surface area contributed by atoms with Crippen molar-refractivity contribution in [1.29, 1.82) is 0 Å². The Labute approximate surface area is 93.3 Å². The first-order valence-electron chi connectivity index (χ1n) is 5.13. The Kier molecular flexibility index (Phi) is 2.92. The standard InChI is InChI=1S/C12H14N2O2/c1-16-9-2-3-11-10(8-9)12(15)4-6-14(11)7-5-13/h2-4,6,8H,5,7,13H2,1H3. The SMILES string of the molecule is COc1ccc2c(c1)c(=O)ccn2CCN. The highest BCUT2D eigenvalue weighted by molar-refractivity contribution is 5.80. The van der Waals surface area contributed by atoms with Gasteiger partial charge in [0.05, 0.1) is 12.6 Å². The summed E-state index contributed by atoms with van der Waals surface area (Å²) in [5, 5.41) is 0.662. The lowest BCUT2D eigenvalue weighted by Crippen LogP contribution is -2.13. The lowest BCUT2D eigenvalue weighted by atomic mass is 10.2. The van der Waals surface area contributed by atoms with Gasteiger partial charge in [0.25, 0.3) is 0 Å². The molecule has 0 saturated heterocycles. The molecule has 1 aromatic carbocycles. The van der Waals surface area contributed by atoms with Gasteiger partial charge in [-0.25, -0.2) is 0 Å². The van der Waals surface area contributed by atoms with Crippen molar-refractivity contribution in [3.05, 3.63) is 40.7 Å². The topological polar surface area (TPSA) is 57.2 Å². The van der Waals surface area contributed by atoms with Crippen LogP contribution < -0.4 is 15.9 Å². The molecule has 0 aliphatic heterocycles. The van der Waals surface area contributed by atoms with Crippen LogP contribution in [-0.2, 0) is 6.54 Å². The molecule has 0 saturated carbocycles. The van der Waals surface area contributed by atoms with Crippen LogP contribution in [0.5, 0.6) is 5.75 Å². The Balaban J connectivity index is 2.70. The average Bonchev–Trinajstić information content (AvgIpc) is 2.33. The molecule has 0 aliphatic carbocycles. The molecule has 84 valence electrons. The van der Waals surface area contributed by atoms with Gasteiger partial charge in [-0.15, -0.1) is 0 Å². The molecule has 1 aromatic heterocycles. The fraction of sp³-hybridized carbons (Fsp3) is 0.250. The summed E-state index contributed by atoms with van der Waals surface area (Å²) in [6.07, 6.45) is 1.77. The normalized spacial score (nSPS) is 10.6. The second-order valence-corrected chi connectivity index (χ2v) is 3.55. The number of hydrogen-bond donors (Lipinski definition) is 1. The van der Waals surface area contributed by atoms with Crippen LogP contribution in [0.4, 0.5) is 0 Å². The van der Waals surface area contributed by atoms with E-state index in [0.717, 1.165) is 5.52 Å². The second-order valence-electron chi connectivity index (χ2n) is 3.55. The minimum absolute atomic E-state index is 0.00201. The van der Waals surface area contributed by atoms with Crippen LogP contribution in [0.25, 0.3) is 10.9 Å². The second kappa shape index (κ2) is 4.37. The number of nitrogens with zero attached hydrogens (tertiary/aromatic N) is 1. The van der Waals surface area contributed by atoms with E-state index in [1.807, 2.05) is 16.7 Å². The first-order chi connectivity index (χ1) is 7.76. The molecule has 4 nitrogen and oxygen atoms in total. The summed E-state index contributed by atoms with van der Waals surface area (Å²) in [4.78, 5) is 11.7. The van der Waals surface area contributed by atoms with E-state index in [0.29, 0.717) is 24.2 Å².